The summed E-state index contributed by atoms with van der Waals surface area (Å²) in [5.74, 6) is 0.152. The van der Waals surface area contributed by atoms with Crippen molar-refractivity contribution in [3.8, 4) is 11.5 Å². The molecule has 2 aromatic heterocycles. The van der Waals surface area contributed by atoms with Gasteiger partial charge in [0.1, 0.15) is 12.1 Å². The van der Waals surface area contributed by atoms with Crippen molar-refractivity contribution in [2.24, 2.45) is 0 Å². The zero-order chi connectivity index (χ0) is 13.4. The lowest BCUT2D eigenvalue weighted by Crippen LogP contribution is -1.96. The summed E-state index contributed by atoms with van der Waals surface area (Å²) < 4.78 is 20.8. The van der Waals surface area contributed by atoms with Crippen LogP contribution in [-0.2, 0) is 0 Å². The lowest BCUT2D eigenvalue weighted by Gasteiger charge is -2.10. The number of pyridine rings is 1. The first-order chi connectivity index (χ1) is 9.13. The van der Waals surface area contributed by atoms with E-state index < -0.39 is 5.82 Å². The monoisotopic (exact) mass is 258 g/mol. The molecule has 96 valence electrons. The zero-order valence-corrected chi connectivity index (χ0v) is 10.2. The minimum Gasteiger partial charge on any atom is -0.454 e. The molecule has 1 aromatic carbocycles. The Morgan fingerprint density at radius 1 is 1.26 bits per heavy atom. The predicted molar refractivity (Wildman–Crippen MR) is 68.6 cm³/mol. The molecule has 0 aliphatic carbocycles. The lowest BCUT2D eigenvalue weighted by atomic mass is 10.2. The molecule has 0 amide bonds. The van der Waals surface area contributed by atoms with E-state index in [4.69, 9.17) is 10.5 Å². The minimum absolute atomic E-state index is 0.105. The van der Waals surface area contributed by atoms with Crippen LogP contribution < -0.4 is 10.5 Å². The second-order valence-corrected chi connectivity index (χ2v) is 4.18. The fourth-order valence-electron chi connectivity index (χ4n) is 1.80. The number of benzene rings is 1. The number of aromatic nitrogens is 3. The molecule has 0 radical (unpaired) electrons. The topological polar surface area (TPSA) is 65.4 Å². The van der Waals surface area contributed by atoms with Gasteiger partial charge in [0, 0.05) is 11.8 Å². The molecule has 2 heterocycles. The number of nitrogens with two attached hydrogens (primary N) is 1. The van der Waals surface area contributed by atoms with Gasteiger partial charge in [-0.3, -0.25) is 0 Å². The second-order valence-electron chi connectivity index (χ2n) is 4.18. The van der Waals surface area contributed by atoms with Gasteiger partial charge >= 0.3 is 0 Å². The van der Waals surface area contributed by atoms with E-state index in [1.807, 2.05) is 6.92 Å². The Bertz CT molecular complexity index is 753. The molecule has 6 heteroatoms. The largest absolute Gasteiger partial charge is 0.454 e. The van der Waals surface area contributed by atoms with Crippen molar-refractivity contribution < 1.29 is 9.13 Å². The Balaban J connectivity index is 2.02. The molecule has 3 aromatic rings. The maximum atomic E-state index is 13.9. The molecule has 0 spiro atoms. The van der Waals surface area contributed by atoms with Gasteiger partial charge in [0.05, 0.1) is 6.20 Å². The van der Waals surface area contributed by atoms with E-state index in [0.717, 1.165) is 5.56 Å². The Labute approximate surface area is 108 Å². The summed E-state index contributed by atoms with van der Waals surface area (Å²) >= 11 is 0. The molecular weight excluding hydrogens is 247 g/mol. The fourth-order valence-corrected chi connectivity index (χ4v) is 1.80. The van der Waals surface area contributed by atoms with Gasteiger partial charge in [0.2, 0.25) is 0 Å². The molecule has 0 unspecified atom stereocenters. The highest BCUT2D eigenvalue weighted by Crippen LogP contribution is 2.28. The molecule has 0 bridgehead atoms. The summed E-state index contributed by atoms with van der Waals surface area (Å²) in [6, 6.07) is 6.68. The lowest BCUT2D eigenvalue weighted by molar-refractivity contribution is 0.437. The van der Waals surface area contributed by atoms with Crippen LogP contribution >= 0.6 is 0 Å². The van der Waals surface area contributed by atoms with Gasteiger partial charge < -0.3 is 10.5 Å². The maximum Gasteiger partial charge on any atom is 0.184 e. The highest BCUT2D eigenvalue weighted by molar-refractivity contribution is 5.50. The molecule has 3 rings (SSSR count). The predicted octanol–water partition coefficient (Wildman–Crippen LogP) is 2.55. The highest BCUT2D eigenvalue weighted by atomic mass is 19.1. The Morgan fingerprint density at radius 3 is 2.89 bits per heavy atom. The summed E-state index contributed by atoms with van der Waals surface area (Å²) in [4.78, 5) is 3.98. The summed E-state index contributed by atoms with van der Waals surface area (Å²) in [7, 11) is 0. The van der Waals surface area contributed by atoms with Crippen LogP contribution in [0, 0.1) is 12.7 Å². The molecule has 19 heavy (non-hydrogen) atoms. The van der Waals surface area contributed by atoms with E-state index in [1.54, 1.807) is 18.2 Å². The van der Waals surface area contributed by atoms with E-state index >= 15 is 0 Å². The van der Waals surface area contributed by atoms with Crippen molar-refractivity contribution in [3.63, 3.8) is 0 Å². The van der Waals surface area contributed by atoms with Crippen LogP contribution in [0.1, 0.15) is 5.56 Å². The average molecular weight is 258 g/mol. The number of anilines is 1. The summed E-state index contributed by atoms with van der Waals surface area (Å²) in [5.41, 5.74) is 7.65. The molecule has 0 atom stereocenters. The smallest absolute Gasteiger partial charge is 0.184 e. The van der Waals surface area contributed by atoms with Crippen molar-refractivity contribution in [3.05, 3.63) is 48.2 Å². The number of hydrogen-bond donors (Lipinski definition) is 1. The van der Waals surface area contributed by atoms with Crippen molar-refractivity contribution in [1.29, 1.82) is 0 Å². The third-order valence-corrected chi connectivity index (χ3v) is 2.75. The van der Waals surface area contributed by atoms with Crippen LogP contribution in [0.25, 0.3) is 5.65 Å². The normalized spacial score (nSPS) is 10.8. The number of halogens is 1. The second kappa shape index (κ2) is 4.24. The number of hydrogen-bond acceptors (Lipinski definition) is 4. The number of fused-ring (bicyclic) bond motifs is 1. The molecule has 0 saturated heterocycles. The summed E-state index contributed by atoms with van der Waals surface area (Å²) in [6.45, 7) is 1.85. The van der Waals surface area contributed by atoms with Crippen LogP contribution in [0.15, 0.2) is 36.8 Å². The van der Waals surface area contributed by atoms with Crippen LogP contribution in [0.3, 0.4) is 0 Å². The first-order valence-electron chi connectivity index (χ1n) is 5.66. The quantitative estimate of drug-likeness (QED) is 0.717. The van der Waals surface area contributed by atoms with Crippen molar-refractivity contribution in [1.82, 2.24) is 14.6 Å². The SMILES string of the molecule is Cc1cc(N)ccc1Oc1cc2ncnn2cc1F. The maximum absolute atomic E-state index is 13.9. The van der Waals surface area contributed by atoms with Crippen LogP contribution in [0.4, 0.5) is 10.1 Å². The van der Waals surface area contributed by atoms with Crippen LogP contribution in [0.5, 0.6) is 11.5 Å². The number of nitrogen functional groups attached to an aromatic ring is 1. The average Bonchev–Trinajstić information content (AvgIpc) is 2.80. The molecule has 0 saturated carbocycles. The first kappa shape index (κ1) is 11.5. The zero-order valence-electron chi connectivity index (χ0n) is 10.2. The first-order valence-corrected chi connectivity index (χ1v) is 5.66. The van der Waals surface area contributed by atoms with E-state index in [0.29, 0.717) is 17.1 Å². The van der Waals surface area contributed by atoms with Gasteiger partial charge in [-0.15, -0.1) is 0 Å². The van der Waals surface area contributed by atoms with E-state index in [2.05, 4.69) is 10.1 Å². The van der Waals surface area contributed by atoms with Crippen LogP contribution in [-0.4, -0.2) is 14.6 Å². The van der Waals surface area contributed by atoms with Gasteiger partial charge in [0.15, 0.2) is 17.2 Å². The van der Waals surface area contributed by atoms with Crippen molar-refractivity contribution in [2.75, 3.05) is 5.73 Å². The molecular formula is C13H11FN4O. The van der Waals surface area contributed by atoms with Gasteiger partial charge in [0.25, 0.3) is 0 Å². The summed E-state index contributed by atoms with van der Waals surface area (Å²) in [5, 5.41) is 3.85. The minimum atomic E-state index is -0.505. The molecule has 0 aliphatic heterocycles. The third-order valence-electron chi connectivity index (χ3n) is 2.75. The Morgan fingerprint density at radius 2 is 2.11 bits per heavy atom. The Kier molecular flexibility index (Phi) is 2.56. The van der Waals surface area contributed by atoms with E-state index in [9.17, 15) is 4.39 Å². The van der Waals surface area contributed by atoms with Gasteiger partial charge in [-0.05, 0) is 30.7 Å². The van der Waals surface area contributed by atoms with Crippen molar-refractivity contribution in [2.45, 2.75) is 6.92 Å². The van der Waals surface area contributed by atoms with Crippen LogP contribution in [0.2, 0.25) is 0 Å². The summed E-state index contributed by atoms with van der Waals surface area (Å²) in [6.07, 6.45) is 2.58. The molecule has 2 N–H and O–H groups in total. The Hall–Kier alpha value is -2.63. The standard InChI is InChI=1S/C13H11FN4O/c1-8-4-9(15)2-3-11(8)19-12-5-13-16-7-17-18(13)6-10(12)14/h2-7H,15H2,1H3. The van der Waals surface area contributed by atoms with Crippen molar-refractivity contribution >= 4 is 11.3 Å². The number of aryl methyl sites for hydroxylation is 1. The van der Waals surface area contributed by atoms with E-state index in [1.165, 1.54) is 23.1 Å². The highest BCUT2D eigenvalue weighted by Gasteiger charge is 2.10. The molecule has 0 fully saturated rings. The molecule has 5 nitrogen and oxygen atoms in total. The molecule has 0 aliphatic rings. The third kappa shape index (κ3) is 2.08. The van der Waals surface area contributed by atoms with Gasteiger partial charge in [-0.2, -0.15) is 5.10 Å². The number of rotatable bonds is 2. The van der Waals surface area contributed by atoms with Gasteiger partial charge in [-0.25, -0.2) is 13.9 Å². The van der Waals surface area contributed by atoms with Gasteiger partial charge in [-0.1, -0.05) is 0 Å². The number of nitrogens with zero attached hydrogens (tertiary/aromatic N) is 3. The number of ether oxygens (including phenoxy) is 1. The van der Waals surface area contributed by atoms with E-state index in [-0.39, 0.29) is 5.75 Å². The fraction of sp³-hybridized carbons (Fsp3) is 0.0769.